The van der Waals surface area contributed by atoms with Crippen LogP contribution in [0.25, 0.3) is 0 Å². The zero-order valence-corrected chi connectivity index (χ0v) is 19.7. The molecule has 1 aromatic carbocycles. The summed E-state index contributed by atoms with van der Waals surface area (Å²) in [6, 6.07) is 3.62. The zero-order chi connectivity index (χ0) is 24.3. The number of hydrogen-bond acceptors (Lipinski definition) is 8. The number of hydrogen-bond donors (Lipinski definition) is 3. The van der Waals surface area contributed by atoms with E-state index in [0.717, 1.165) is 49.2 Å². The summed E-state index contributed by atoms with van der Waals surface area (Å²) in [4.78, 5) is 26.2. The smallest absolute Gasteiger partial charge is 0.293 e. The highest BCUT2D eigenvalue weighted by atomic mass is 32.1. The summed E-state index contributed by atoms with van der Waals surface area (Å²) < 4.78 is 32.1. The molecule has 1 saturated carbocycles. The minimum Gasteiger partial charge on any atom is -0.462 e. The number of nitrogen functional groups attached to an aromatic ring is 1. The maximum atomic E-state index is 13.8. The van der Waals surface area contributed by atoms with E-state index < -0.39 is 23.0 Å². The average Bonchev–Trinajstić information content (AvgIpc) is 3.09. The molecule has 0 amide bonds. The molecular formula is C22H32F2N4O3S. The van der Waals surface area contributed by atoms with Crippen LogP contribution in [0.1, 0.15) is 68.1 Å². The third-order valence-corrected chi connectivity index (χ3v) is 5.39. The molecule has 0 radical (unpaired) electrons. The van der Waals surface area contributed by atoms with E-state index in [2.05, 4.69) is 20.8 Å². The van der Waals surface area contributed by atoms with Gasteiger partial charge >= 0.3 is 0 Å². The van der Waals surface area contributed by atoms with Gasteiger partial charge in [0.25, 0.3) is 6.47 Å². The predicted molar refractivity (Wildman–Crippen MR) is 124 cm³/mol. The zero-order valence-electron chi connectivity index (χ0n) is 18.9. The first-order chi connectivity index (χ1) is 15.1. The number of ketones is 1. The lowest BCUT2D eigenvalue weighted by atomic mass is 9.96. The first-order valence-electron chi connectivity index (χ1n) is 10.3. The van der Waals surface area contributed by atoms with E-state index in [1.54, 1.807) is 0 Å². The summed E-state index contributed by atoms with van der Waals surface area (Å²) in [6.07, 6.45) is 5.64. The minimum absolute atomic E-state index is 0.000891. The maximum absolute atomic E-state index is 13.8. The van der Waals surface area contributed by atoms with Crippen molar-refractivity contribution in [3.8, 4) is 0 Å². The monoisotopic (exact) mass is 470 g/mol. The van der Waals surface area contributed by atoms with Gasteiger partial charge in [0, 0.05) is 6.04 Å². The molecule has 0 saturated heterocycles. The van der Waals surface area contributed by atoms with E-state index in [1.807, 2.05) is 20.8 Å². The van der Waals surface area contributed by atoms with Gasteiger partial charge in [0.15, 0.2) is 5.13 Å². The number of rotatable bonds is 5. The average molecular weight is 471 g/mol. The second kappa shape index (κ2) is 13.1. The number of benzene rings is 1. The number of thiazole rings is 1. The topological polar surface area (TPSA) is 120 Å². The molecule has 0 aliphatic heterocycles. The number of halogens is 2. The van der Waals surface area contributed by atoms with Crippen LogP contribution in [0.2, 0.25) is 0 Å². The summed E-state index contributed by atoms with van der Waals surface area (Å²) in [7, 11) is 1.50. The molecular weight excluding hydrogens is 438 g/mol. The second-order valence-corrected chi connectivity index (χ2v) is 8.96. The summed E-state index contributed by atoms with van der Waals surface area (Å²) in [5, 5.41) is 3.79. The Labute approximate surface area is 191 Å². The largest absolute Gasteiger partial charge is 0.462 e. The van der Waals surface area contributed by atoms with Crippen LogP contribution in [-0.4, -0.2) is 35.9 Å². The SMILES string of the molecule is CC(C)(C)OC=O.CN.Nc1nc(NC2CCCCC2)sc1C(=O)c1c(F)cccc1F. The Morgan fingerprint density at radius 1 is 1.19 bits per heavy atom. The van der Waals surface area contributed by atoms with Gasteiger partial charge < -0.3 is 21.5 Å². The Kier molecular flexibility index (Phi) is 11.2. The quantitative estimate of drug-likeness (QED) is 0.434. The Morgan fingerprint density at radius 3 is 2.22 bits per heavy atom. The summed E-state index contributed by atoms with van der Waals surface area (Å²) in [5.41, 5.74) is 9.37. The molecule has 10 heteroatoms. The molecule has 1 aliphatic rings. The van der Waals surface area contributed by atoms with Crippen molar-refractivity contribution < 1.29 is 23.1 Å². The molecule has 7 nitrogen and oxygen atoms in total. The fourth-order valence-electron chi connectivity index (χ4n) is 2.95. The van der Waals surface area contributed by atoms with Crippen LogP contribution < -0.4 is 16.8 Å². The molecule has 178 valence electrons. The van der Waals surface area contributed by atoms with Crippen molar-refractivity contribution in [2.45, 2.75) is 64.5 Å². The lowest BCUT2D eigenvalue weighted by Gasteiger charge is -2.22. The molecule has 0 spiro atoms. The first-order valence-corrected chi connectivity index (χ1v) is 11.1. The summed E-state index contributed by atoms with van der Waals surface area (Å²) in [5.74, 6) is -2.57. The van der Waals surface area contributed by atoms with Crippen molar-refractivity contribution in [3.05, 3.63) is 40.3 Å². The predicted octanol–water partition coefficient (Wildman–Crippen LogP) is 4.51. The number of nitrogens with zero attached hydrogens (tertiary/aromatic N) is 1. The minimum atomic E-state index is -0.899. The molecule has 32 heavy (non-hydrogen) atoms. The first kappa shape index (κ1) is 27.4. The molecule has 0 atom stereocenters. The summed E-state index contributed by atoms with van der Waals surface area (Å²) >= 11 is 1.04. The Balaban J connectivity index is 0.000000488. The highest BCUT2D eigenvalue weighted by Crippen LogP contribution is 2.31. The number of aromatic nitrogens is 1. The molecule has 0 unspecified atom stereocenters. The molecule has 0 bridgehead atoms. The molecule has 3 rings (SSSR count). The number of nitrogens with two attached hydrogens (primary N) is 2. The standard InChI is InChI=1S/C16H17F2N3OS.C5H10O2.CH5N/c17-10-7-4-8-11(18)12(10)13(22)14-15(19)21-16(23-14)20-9-5-2-1-3-6-9;1-5(2,3)7-4-6;1-2/h4,7-9H,1-3,5-6,19H2,(H,20,21);4H,1-3H3;2H2,1H3. The van der Waals surface area contributed by atoms with Crippen molar-refractivity contribution in [2.24, 2.45) is 5.73 Å². The number of ether oxygens (including phenoxy) is 1. The number of carbonyl (C=O) groups excluding carboxylic acids is 2. The van der Waals surface area contributed by atoms with E-state index >= 15 is 0 Å². The van der Waals surface area contributed by atoms with Crippen LogP contribution in [0, 0.1) is 11.6 Å². The third kappa shape index (κ3) is 8.51. The highest BCUT2D eigenvalue weighted by molar-refractivity contribution is 7.18. The number of carbonyl (C=O) groups is 2. The van der Waals surface area contributed by atoms with Gasteiger partial charge in [0.1, 0.15) is 27.9 Å². The summed E-state index contributed by atoms with van der Waals surface area (Å²) in [6.45, 7) is 5.92. The second-order valence-electron chi connectivity index (χ2n) is 7.96. The van der Waals surface area contributed by atoms with Crippen LogP contribution in [0.15, 0.2) is 18.2 Å². The molecule has 1 aliphatic carbocycles. The van der Waals surface area contributed by atoms with E-state index in [4.69, 9.17) is 5.73 Å². The van der Waals surface area contributed by atoms with Crippen molar-refractivity contribution in [1.82, 2.24) is 4.98 Å². The van der Waals surface area contributed by atoms with E-state index in [0.29, 0.717) is 17.6 Å². The number of nitrogens with one attached hydrogen (secondary N) is 1. The van der Waals surface area contributed by atoms with Gasteiger partial charge in [-0.1, -0.05) is 36.7 Å². The molecule has 1 fully saturated rings. The van der Waals surface area contributed by atoms with E-state index in [-0.39, 0.29) is 16.3 Å². The van der Waals surface area contributed by atoms with Crippen LogP contribution in [0.4, 0.5) is 19.7 Å². The van der Waals surface area contributed by atoms with Crippen molar-refractivity contribution >= 4 is 34.5 Å². The maximum Gasteiger partial charge on any atom is 0.293 e. The Bertz CT molecular complexity index is 858. The normalized spacial score (nSPS) is 13.7. The van der Waals surface area contributed by atoms with Gasteiger partial charge in [-0.05, 0) is 52.8 Å². The van der Waals surface area contributed by atoms with Crippen molar-refractivity contribution in [2.75, 3.05) is 18.1 Å². The highest BCUT2D eigenvalue weighted by Gasteiger charge is 2.25. The fraction of sp³-hybridized carbons (Fsp3) is 0.500. The Morgan fingerprint density at radius 2 is 1.75 bits per heavy atom. The van der Waals surface area contributed by atoms with Gasteiger partial charge in [0.2, 0.25) is 5.78 Å². The molecule has 1 aromatic heterocycles. The lowest BCUT2D eigenvalue weighted by molar-refractivity contribution is -0.138. The van der Waals surface area contributed by atoms with Crippen LogP contribution in [-0.2, 0) is 9.53 Å². The fourth-order valence-corrected chi connectivity index (χ4v) is 3.86. The third-order valence-electron chi connectivity index (χ3n) is 4.38. The van der Waals surface area contributed by atoms with Gasteiger partial charge in [-0.15, -0.1) is 0 Å². The van der Waals surface area contributed by atoms with Crippen molar-refractivity contribution in [1.29, 1.82) is 0 Å². The van der Waals surface area contributed by atoms with Crippen molar-refractivity contribution in [3.63, 3.8) is 0 Å². The van der Waals surface area contributed by atoms with Crippen LogP contribution >= 0.6 is 11.3 Å². The van der Waals surface area contributed by atoms with Gasteiger partial charge in [-0.25, -0.2) is 13.8 Å². The Hall–Kier alpha value is -2.59. The van der Waals surface area contributed by atoms with Crippen LogP contribution in [0.5, 0.6) is 0 Å². The van der Waals surface area contributed by atoms with Gasteiger partial charge in [-0.2, -0.15) is 0 Å². The lowest BCUT2D eigenvalue weighted by Crippen LogP contribution is -2.22. The van der Waals surface area contributed by atoms with Crippen LogP contribution in [0.3, 0.4) is 0 Å². The molecule has 1 heterocycles. The van der Waals surface area contributed by atoms with Gasteiger partial charge in [0.05, 0.1) is 5.56 Å². The van der Waals surface area contributed by atoms with E-state index in [9.17, 15) is 18.4 Å². The van der Waals surface area contributed by atoms with E-state index in [1.165, 1.54) is 19.5 Å². The van der Waals surface area contributed by atoms with Gasteiger partial charge in [-0.3, -0.25) is 9.59 Å². The molecule has 2 aromatic rings. The molecule has 5 N–H and O–H groups in total. The number of anilines is 2.